The fraction of sp³-hybridized carbons (Fsp3) is 1.00. The van der Waals surface area contributed by atoms with Gasteiger partial charge in [0.25, 0.3) is 0 Å². The van der Waals surface area contributed by atoms with Crippen LogP contribution in [0.4, 0.5) is 0 Å². The third kappa shape index (κ3) is 5.53. The van der Waals surface area contributed by atoms with Gasteiger partial charge in [-0.05, 0) is 44.6 Å². The second kappa shape index (κ2) is 8.12. The van der Waals surface area contributed by atoms with Crippen molar-refractivity contribution in [3.63, 3.8) is 0 Å². The summed E-state index contributed by atoms with van der Waals surface area (Å²) >= 11 is 0. The van der Waals surface area contributed by atoms with Gasteiger partial charge in [0.2, 0.25) is 0 Å². The standard InChI is InChI=1S/C13H27NO/c1-3-5-12-6-8-13(9-7-12)14-10-4-11-15-2/h12-14H,3-11H2,1-2H3. The average molecular weight is 213 g/mol. The summed E-state index contributed by atoms with van der Waals surface area (Å²) in [5.41, 5.74) is 0. The van der Waals surface area contributed by atoms with Gasteiger partial charge in [-0.1, -0.05) is 19.8 Å². The first kappa shape index (κ1) is 13.0. The maximum Gasteiger partial charge on any atom is 0.0474 e. The maximum atomic E-state index is 5.04. The lowest BCUT2D eigenvalue weighted by molar-refractivity contribution is 0.190. The molecule has 0 heterocycles. The minimum Gasteiger partial charge on any atom is -0.385 e. The lowest BCUT2D eigenvalue weighted by Crippen LogP contribution is -2.34. The Balaban J connectivity index is 1.99. The van der Waals surface area contributed by atoms with E-state index < -0.39 is 0 Å². The van der Waals surface area contributed by atoms with Gasteiger partial charge in [-0.2, -0.15) is 0 Å². The molecule has 0 aromatic rings. The molecule has 0 radical (unpaired) electrons. The molecule has 0 saturated heterocycles. The molecule has 1 rings (SSSR count). The fourth-order valence-corrected chi connectivity index (χ4v) is 2.59. The number of methoxy groups -OCH3 is 1. The van der Waals surface area contributed by atoms with Gasteiger partial charge in [0.15, 0.2) is 0 Å². The number of hydrogen-bond acceptors (Lipinski definition) is 2. The molecule has 1 fully saturated rings. The minimum atomic E-state index is 0.787. The van der Waals surface area contributed by atoms with Crippen molar-refractivity contribution in [2.75, 3.05) is 20.3 Å². The SMILES string of the molecule is CCCC1CCC(NCCCOC)CC1. The van der Waals surface area contributed by atoms with Crippen LogP contribution in [0.1, 0.15) is 51.9 Å². The van der Waals surface area contributed by atoms with E-state index in [9.17, 15) is 0 Å². The minimum absolute atomic E-state index is 0.787. The van der Waals surface area contributed by atoms with E-state index in [1.165, 1.54) is 38.5 Å². The molecular formula is C13H27NO. The Bertz CT molecular complexity index is 139. The molecule has 15 heavy (non-hydrogen) atoms. The van der Waals surface area contributed by atoms with E-state index in [-0.39, 0.29) is 0 Å². The summed E-state index contributed by atoms with van der Waals surface area (Å²) in [6.07, 6.45) is 9.60. The zero-order valence-electron chi connectivity index (χ0n) is 10.4. The number of rotatable bonds is 7. The monoisotopic (exact) mass is 213 g/mol. The highest BCUT2D eigenvalue weighted by Gasteiger charge is 2.19. The second-order valence-electron chi connectivity index (χ2n) is 4.81. The molecule has 1 saturated carbocycles. The van der Waals surface area contributed by atoms with Crippen molar-refractivity contribution < 1.29 is 4.74 Å². The molecule has 0 bridgehead atoms. The van der Waals surface area contributed by atoms with Gasteiger partial charge in [0.1, 0.15) is 0 Å². The van der Waals surface area contributed by atoms with Crippen LogP contribution in [-0.2, 0) is 4.74 Å². The normalized spacial score (nSPS) is 26.8. The molecule has 90 valence electrons. The molecule has 1 aliphatic carbocycles. The summed E-state index contributed by atoms with van der Waals surface area (Å²) in [6.45, 7) is 4.31. The molecule has 0 aromatic carbocycles. The Morgan fingerprint density at radius 3 is 2.53 bits per heavy atom. The van der Waals surface area contributed by atoms with Crippen LogP contribution < -0.4 is 5.32 Å². The van der Waals surface area contributed by atoms with Gasteiger partial charge in [-0.15, -0.1) is 0 Å². The average Bonchev–Trinajstić information content (AvgIpc) is 2.27. The number of nitrogens with one attached hydrogen (secondary N) is 1. The predicted octanol–water partition coefficient (Wildman–Crippen LogP) is 2.97. The van der Waals surface area contributed by atoms with Crippen molar-refractivity contribution in [2.24, 2.45) is 5.92 Å². The predicted molar refractivity (Wildman–Crippen MR) is 65.1 cm³/mol. The summed E-state index contributed by atoms with van der Waals surface area (Å²) < 4.78 is 5.04. The zero-order chi connectivity index (χ0) is 10.9. The Morgan fingerprint density at radius 2 is 1.93 bits per heavy atom. The summed E-state index contributed by atoms with van der Waals surface area (Å²) in [5, 5.41) is 3.64. The largest absolute Gasteiger partial charge is 0.385 e. The summed E-state index contributed by atoms with van der Waals surface area (Å²) in [5.74, 6) is 1.02. The van der Waals surface area contributed by atoms with Crippen molar-refractivity contribution in [1.29, 1.82) is 0 Å². The van der Waals surface area contributed by atoms with Crippen molar-refractivity contribution in [2.45, 2.75) is 57.9 Å². The van der Waals surface area contributed by atoms with Crippen LogP contribution in [-0.4, -0.2) is 26.3 Å². The van der Waals surface area contributed by atoms with Crippen LogP contribution in [0, 0.1) is 5.92 Å². The van der Waals surface area contributed by atoms with Crippen LogP contribution in [0.3, 0.4) is 0 Å². The van der Waals surface area contributed by atoms with E-state index in [1.807, 2.05) is 0 Å². The van der Waals surface area contributed by atoms with Gasteiger partial charge < -0.3 is 10.1 Å². The molecule has 2 nitrogen and oxygen atoms in total. The molecule has 2 heteroatoms. The van der Waals surface area contributed by atoms with E-state index in [4.69, 9.17) is 4.74 Å². The first-order valence-corrected chi connectivity index (χ1v) is 6.59. The highest BCUT2D eigenvalue weighted by Crippen LogP contribution is 2.27. The van der Waals surface area contributed by atoms with Crippen LogP contribution >= 0.6 is 0 Å². The number of ether oxygens (including phenoxy) is 1. The Hall–Kier alpha value is -0.0800. The summed E-state index contributed by atoms with van der Waals surface area (Å²) in [7, 11) is 1.77. The van der Waals surface area contributed by atoms with Gasteiger partial charge in [0.05, 0.1) is 0 Å². The molecule has 0 atom stereocenters. The van der Waals surface area contributed by atoms with Crippen LogP contribution in [0.2, 0.25) is 0 Å². The van der Waals surface area contributed by atoms with Crippen LogP contribution in [0.5, 0.6) is 0 Å². The Labute approximate surface area is 94.8 Å². The van der Waals surface area contributed by atoms with Crippen molar-refractivity contribution >= 4 is 0 Å². The summed E-state index contributed by atoms with van der Waals surface area (Å²) in [4.78, 5) is 0. The van der Waals surface area contributed by atoms with Gasteiger partial charge in [0, 0.05) is 19.8 Å². The second-order valence-corrected chi connectivity index (χ2v) is 4.81. The van der Waals surface area contributed by atoms with E-state index >= 15 is 0 Å². The zero-order valence-corrected chi connectivity index (χ0v) is 10.4. The van der Waals surface area contributed by atoms with Gasteiger partial charge in [-0.25, -0.2) is 0 Å². The molecular weight excluding hydrogens is 186 g/mol. The Kier molecular flexibility index (Phi) is 7.03. The first-order valence-electron chi connectivity index (χ1n) is 6.59. The maximum absolute atomic E-state index is 5.04. The molecule has 0 amide bonds. The van der Waals surface area contributed by atoms with Crippen molar-refractivity contribution in [3.05, 3.63) is 0 Å². The smallest absolute Gasteiger partial charge is 0.0474 e. The van der Waals surface area contributed by atoms with Crippen molar-refractivity contribution in [1.82, 2.24) is 5.32 Å². The molecule has 1 aliphatic rings. The molecule has 1 N–H and O–H groups in total. The third-order valence-electron chi connectivity index (χ3n) is 3.50. The van der Waals surface area contributed by atoms with E-state index in [0.29, 0.717) is 0 Å². The van der Waals surface area contributed by atoms with Crippen LogP contribution in [0.25, 0.3) is 0 Å². The highest BCUT2D eigenvalue weighted by molar-refractivity contribution is 4.76. The lowest BCUT2D eigenvalue weighted by atomic mass is 9.83. The molecule has 0 unspecified atom stereocenters. The summed E-state index contributed by atoms with van der Waals surface area (Å²) in [6, 6.07) is 0.787. The lowest BCUT2D eigenvalue weighted by Gasteiger charge is -2.29. The third-order valence-corrected chi connectivity index (χ3v) is 3.50. The molecule has 0 spiro atoms. The Morgan fingerprint density at radius 1 is 1.20 bits per heavy atom. The van der Waals surface area contributed by atoms with Gasteiger partial charge in [-0.3, -0.25) is 0 Å². The molecule has 0 aromatic heterocycles. The van der Waals surface area contributed by atoms with E-state index in [0.717, 1.165) is 31.5 Å². The van der Waals surface area contributed by atoms with Gasteiger partial charge >= 0.3 is 0 Å². The van der Waals surface area contributed by atoms with E-state index in [2.05, 4.69) is 12.2 Å². The topological polar surface area (TPSA) is 21.3 Å². The first-order chi connectivity index (χ1) is 7.36. The fourth-order valence-electron chi connectivity index (χ4n) is 2.59. The van der Waals surface area contributed by atoms with Crippen LogP contribution in [0.15, 0.2) is 0 Å². The highest BCUT2D eigenvalue weighted by atomic mass is 16.5. The quantitative estimate of drug-likeness (QED) is 0.656. The number of hydrogen-bond donors (Lipinski definition) is 1. The van der Waals surface area contributed by atoms with E-state index in [1.54, 1.807) is 7.11 Å². The van der Waals surface area contributed by atoms with Crippen molar-refractivity contribution in [3.8, 4) is 0 Å². The molecule has 0 aliphatic heterocycles.